The van der Waals surface area contributed by atoms with Gasteiger partial charge in [0, 0.05) is 0 Å². The summed E-state index contributed by atoms with van der Waals surface area (Å²) in [6, 6.07) is 0. The lowest BCUT2D eigenvalue weighted by Crippen LogP contribution is -2.63. The average Bonchev–Trinajstić information content (AvgIpc) is 2.12. The number of hydrogen-bond donors (Lipinski definition) is 2. The van der Waals surface area contributed by atoms with Crippen molar-refractivity contribution in [2.75, 3.05) is 0 Å². The van der Waals surface area contributed by atoms with Gasteiger partial charge in [-0.2, -0.15) is 0 Å². The zero-order valence-corrected chi connectivity index (χ0v) is 10.7. The van der Waals surface area contributed by atoms with Gasteiger partial charge in [-0.25, -0.2) is 0 Å². The fourth-order valence-electron chi connectivity index (χ4n) is 5.34. The highest BCUT2D eigenvalue weighted by Crippen LogP contribution is 2.68. The van der Waals surface area contributed by atoms with Gasteiger partial charge in [0.15, 0.2) is 0 Å². The maximum atomic E-state index is 11.6. The first-order valence-corrected chi connectivity index (χ1v) is 6.75. The Balaban J connectivity index is 2.06. The zero-order chi connectivity index (χ0) is 12.5. The lowest BCUT2D eigenvalue weighted by Gasteiger charge is -2.65. The van der Waals surface area contributed by atoms with Gasteiger partial charge < -0.3 is 10.2 Å². The summed E-state index contributed by atoms with van der Waals surface area (Å²) in [6.45, 7) is 4.37. The molecule has 0 aromatic rings. The van der Waals surface area contributed by atoms with E-state index in [9.17, 15) is 15.0 Å². The molecular weight excluding hydrogens is 216 g/mol. The Morgan fingerprint density at radius 3 is 2.41 bits per heavy atom. The molecule has 4 bridgehead atoms. The van der Waals surface area contributed by atoms with E-state index in [-0.39, 0.29) is 5.41 Å². The molecule has 96 valence electrons. The van der Waals surface area contributed by atoms with Crippen LogP contribution in [-0.2, 0) is 4.79 Å². The summed E-state index contributed by atoms with van der Waals surface area (Å²) in [6.07, 6.45) is 4.84. The van der Waals surface area contributed by atoms with Crippen molar-refractivity contribution in [2.45, 2.75) is 58.0 Å². The molecule has 2 N–H and O–H groups in total. The topological polar surface area (TPSA) is 57.5 Å². The predicted octanol–water partition coefficient (Wildman–Crippen LogP) is 2.43. The van der Waals surface area contributed by atoms with E-state index >= 15 is 0 Å². The van der Waals surface area contributed by atoms with Crippen LogP contribution in [-0.4, -0.2) is 21.8 Å². The molecule has 4 aliphatic carbocycles. The molecule has 0 spiro atoms. The third kappa shape index (κ3) is 1.41. The van der Waals surface area contributed by atoms with E-state index in [2.05, 4.69) is 13.8 Å². The molecule has 0 aromatic carbocycles. The van der Waals surface area contributed by atoms with Gasteiger partial charge in [-0.15, -0.1) is 0 Å². The number of hydrogen-bond acceptors (Lipinski definition) is 2. The van der Waals surface area contributed by atoms with Crippen LogP contribution in [0.3, 0.4) is 0 Å². The summed E-state index contributed by atoms with van der Waals surface area (Å²) >= 11 is 0. The van der Waals surface area contributed by atoms with Crippen LogP contribution in [0.15, 0.2) is 0 Å². The van der Waals surface area contributed by atoms with Crippen molar-refractivity contribution in [1.82, 2.24) is 0 Å². The van der Waals surface area contributed by atoms with Crippen LogP contribution in [0.2, 0.25) is 0 Å². The molecule has 0 radical (unpaired) electrons. The molecule has 0 saturated heterocycles. The Labute approximate surface area is 102 Å². The minimum atomic E-state index is -0.692. The molecule has 0 heterocycles. The minimum Gasteiger partial charge on any atom is -0.481 e. The van der Waals surface area contributed by atoms with Crippen molar-refractivity contribution in [3.63, 3.8) is 0 Å². The van der Waals surface area contributed by atoms with Gasteiger partial charge in [0.2, 0.25) is 0 Å². The second kappa shape index (κ2) is 3.05. The molecule has 4 fully saturated rings. The summed E-state index contributed by atoms with van der Waals surface area (Å²) in [7, 11) is 0. The summed E-state index contributed by atoms with van der Waals surface area (Å²) in [4.78, 5) is 11.6. The van der Waals surface area contributed by atoms with Gasteiger partial charge in [-0.1, -0.05) is 13.8 Å². The van der Waals surface area contributed by atoms with Crippen LogP contribution in [0.25, 0.3) is 0 Å². The summed E-state index contributed by atoms with van der Waals surface area (Å²) in [5.41, 5.74) is -1.24. The van der Waals surface area contributed by atoms with Crippen molar-refractivity contribution in [2.24, 2.45) is 22.7 Å². The summed E-state index contributed by atoms with van der Waals surface area (Å²) < 4.78 is 0. The lowest BCUT2D eigenvalue weighted by molar-refractivity contribution is -0.221. The van der Waals surface area contributed by atoms with Gasteiger partial charge in [-0.3, -0.25) is 4.79 Å². The molecule has 0 aromatic heterocycles. The second-order valence-corrected chi connectivity index (χ2v) is 7.34. The molecule has 0 aliphatic heterocycles. The zero-order valence-electron chi connectivity index (χ0n) is 10.7. The van der Waals surface area contributed by atoms with E-state index in [0.29, 0.717) is 18.3 Å². The Hall–Kier alpha value is -0.570. The van der Waals surface area contributed by atoms with Gasteiger partial charge in [0.25, 0.3) is 0 Å². The molecule has 4 saturated carbocycles. The van der Waals surface area contributed by atoms with Crippen LogP contribution in [0.1, 0.15) is 52.4 Å². The summed E-state index contributed by atoms with van der Waals surface area (Å²) in [5.74, 6) is 0.218. The summed E-state index contributed by atoms with van der Waals surface area (Å²) in [5, 5.41) is 20.2. The fourth-order valence-corrected chi connectivity index (χ4v) is 5.34. The van der Waals surface area contributed by atoms with Gasteiger partial charge >= 0.3 is 5.97 Å². The Bertz CT molecular complexity index is 378. The molecular formula is C14H22O3. The highest BCUT2D eigenvalue weighted by atomic mass is 16.4. The van der Waals surface area contributed by atoms with Crippen molar-refractivity contribution >= 4 is 5.97 Å². The third-order valence-electron chi connectivity index (χ3n) is 5.76. The van der Waals surface area contributed by atoms with Gasteiger partial charge in [0.1, 0.15) is 0 Å². The first-order valence-electron chi connectivity index (χ1n) is 6.75. The highest BCUT2D eigenvalue weighted by Gasteiger charge is 2.66. The van der Waals surface area contributed by atoms with Crippen molar-refractivity contribution < 1.29 is 15.0 Å². The first-order chi connectivity index (χ1) is 7.79. The number of carboxylic acids is 1. The van der Waals surface area contributed by atoms with E-state index in [0.717, 1.165) is 32.1 Å². The molecule has 4 aliphatic rings. The van der Waals surface area contributed by atoms with Gasteiger partial charge in [-0.05, 0) is 55.8 Å². The standard InChI is InChI=1S/C14H22O3/c1-9(2)12-3-10-4-13(6-12,11(15)16)8-14(17,5-10)7-12/h9-10,17H,3-8H2,1-2H3,(H,15,16). The second-order valence-electron chi connectivity index (χ2n) is 7.34. The van der Waals surface area contributed by atoms with Crippen molar-refractivity contribution in [1.29, 1.82) is 0 Å². The normalized spacial score (nSPS) is 52.1. The maximum Gasteiger partial charge on any atom is 0.309 e. The highest BCUT2D eigenvalue weighted by molar-refractivity contribution is 5.75. The van der Waals surface area contributed by atoms with Crippen LogP contribution in [0.4, 0.5) is 0 Å². The average molecular weight is 238 g/mol. The van der Waals surface area contributed by atoms with Crippen molar-refractivity contribution in [3.8, 4) is 0 Å². The number of aliphatic hydroxyl groups is 1. The number of rotatable bonds is 2. The van der Waals surface area contributed by atoms with Crippen LogP contribution < -0.4 is 0 Å². The molecule has 4 unspecified atom stereocenters. The van der Waals surface area contributed by atoms with Crippen LogP contribution >= 0.6 is 0 Å². The van der Waals surface area contributed by atoms with E-state index in [1.165, 1.54) is 0 Å². The van der Waals surface area contributed by atoms with E-state index in [1.807, 2.05) is 0 Å². The molecule has 0 amide bonds. The van der Waals surface area contributed by atoms with Crippen LogP contribution in [0, 0.1) is 22.7 Å². The number of aliphatic carboxylic acids is 1. The minimum absolute atomic E-state index is 0.0759. The monoisotopic (exact) mass is 238 g/mol. The number of carbonyl (C=O) groups is 1. The van der Waals surface area contributed by atoms with Crippen LogP contribution in [0.5, 0.6) is 0 Å². The fraction of sp³-hybridized carbons (Fsp3) is 0.929. The lowest BCUT2D eigenvalue weighted by atomic mass is 9.40. The van der Waals surface area contributed by atoms with Crippen molar-refractivity contribution in [3.05, 3.63) is 0 Å². The van der Waals surface area contributed by atoms with E-state index in [1.54, 1.807) is 0 Å². The largest absolute Gasteiger partial charge is 0.481 e. The molecule has 17 heavy (non-hydrogen) atoms. The predicted molar refractivity (Wildman–Crippen MR) is 63.5 cm³/mol. The third-order valence-corrected chi connectivity index (χ3v) is 5.76. The SMILES string of the molecule is CC(C)C12CC3CC(O)(CC(C(=O)O)(C3)C1)C2. The Morgan fingerprint density at radius 1 is 1.18 bits per heavy atom. The molecule has 3 nitrogen and oxygen atoms in total. The number of carboxylic acid groups (broad SMARTS) is 1. The Morgan fingerprint density at radius 2 is 1.88 bits per heavy atom. The molecule has 4 rings (SSSR count). The smallest absolute Gasteiger partial charge is 0.309 e. The van der Waals surface area contributed by atoms with E-state index < -0.39 is 17.0 Å². The quantitative estimate of drug-likeness (QED) is 0.776. The maximum absolute atomic E-state index is 11.6. The molecule has 3 heteroatoms. The molecule has 4 atom stereocenters. The Kier molecular flexibility index (Phi) is 2.07. The first kappa shape index (κ1) is 11.5. The van der Waals surface area contributed by atoms with E-state index in [4.69, 9.17) is 0 Å². The van der Waals surface area contributed by atoms with Gasteiger partial charge in [0.05, 0.1) is 11.0 Å².